The maximum atomic E-state index is 12.0. The van der Waals surface area contributed by atoms with Crippen molar-refractivity contribution in [2.24, 2.45) is 0 Å². The zero-order valence-corrected chi connectivity index (χ0v) is 11.0. The van der Waals surface area contributed by atoms with Gasteiger partial charge < -0.3 is 15.2 Å². The molecule has 1 amide bonds. The second-order valence-corrected chi connectivity index (χ2v) is 4.89. The normalized spacial score (nSPS) is 22.2. The molecule has 0 saturated carbocycles. The van der Waals surface area contributed by atoms with E-state index in [0.29, 0.717) is 18.5 Å². The van der Waals surface area contributed by atoms with Crippen molar-refractivity contribution in [1.82, 2.24) is 0 Å². The number of rotatable bonds is 3. The summed E-state index contributed by atoms with van der Waals surface area (Å²) in [5.41, 5.74) is 2.84. The molecule has 5 nitrogen and oxygen atoms in total. The van der Waals surface area contributed by atoms with Gasteiger partial charge in [-0.25, -0.2) is 4.79 Å². The van der Waals surface area contributed by atoms with E-state index in [4.69, 9.17) is 9.84 Å². The summed E-state index contributed by atoms with van der Waals surface area (Å²) in [5, 5.41) is 11.6. The lowest BCUT2D eigenvalue weighted by atomic mass is 10.1. The van der Waals surface area contributed by atoms with Crippen molar-refractivity contribution >= 4 is 17.6 Å². The van der Waals surface area contributed by atoms with Crippen molar-refractivity contribution in [2.75, 3.05) is 5.32 Å². The van der Waals surface area contributed by atoms with E-state index in [1.165, 1.54) is 0 Å². The molecule has 102 valence electrons. The number of carboxylic acids is 1. The number of nitrogens with one attached hydrogen (secondary N) is 1. The third-order valence-corrected chi connectivity index (χ3v) is 3.08. The van der Waals surface area contributed by atoms with Crippen molar-refractivity contribution in [3.8, 4) is 0 Å². The van der Waals surface area contributed by atoms with Crippen LogP contribution < -0.4 is 5.32 Å². The molecule has 0 aromatic heterocycles. The second-order valence-electron chi connectivity index (χ2n) is 4.89. The van der Waals surface area contributed by atoms with Gasteiger partial charge in [0.15, 0.2) is 6.10 Å². The molecule has 1 aliphatic heterocycles. The molecule has 0 spiro atoms. The summed E-state index contributed by atoms with van der Waals surface area (Å²) in [6.07, 6.45) is -0.731. The van der Waals surface area contributed by atoms with Gasteiger partial charge in [0.1, 0.15) is 6.10 Å². The zero-order chi connectivity index (χ0) is 14.0. The summed E-state index contributed by atoms with van der Waals surface area (Å²) >= 11 is 0. The minimum atomic E-state index is -1.01. The SMILES string of the molecule is Cc1cc(C)cc(NC(=O)C2CCC(C(=O)O)O2)c1. The predicted octanol–water partition coefficient (Wildman–Crippen LogP) is 1.87. The Labute approximate surface area is 111 Å². The molecule has 1 aromatic rings. The number of carboxylic acid groups (broad SMARTS) is 1. The van der Waals surface area contributed by atoms with Gasteiger partial charge in [-0.3, -0.25) is 4.79 Å². The molecule has 2 N–H and O–H groups in total. The highest BCUT2D eigenvalue weighted by Gasteiger charge is 2.34. The Kier molecular flexibility index (Phi) is 3.85. The van der Waals surface area contributed by atoms with Crippen LogP contribution in [0, 0.1) is 13.8 Å². The summed E-state index contributed by atoms with van der Waals surface area (Å²) in [5.74, 6) is -1.30. The van der Waals surface area contributed by atoms with E-state index in [9.17, 15) is 9.59 Å². The topological polar surface area (TPSA) is 75.6 Å². The van der Waals surface area contributed by atoms with E-state index in [1.807, 2.05) is 32.0 Å². The Balaban J connectivity index is 2.00. The average molecular weight is 263 g/mol. The number of benzene rings is 1. The average Bonchev–Trinajstić information content (AvgIpc) is 2.76. The van der Waals surface area contributed by atoms with Crippen molar-refractivity contribution in [1.29, 1.82) is 0 Å². The Morgan fingerprint density at radius 2 is 1.74 bits per heavy atom. The summed E-state index contributed by atoms with van der Waals surface area (Å²) in [4.78, 5) is 22.7. The van der Waals surface area contributed by atoms with Crippen LogP contribution in [0.25, 0.3) is 0 Å². The molecular formula is C14H17NO4. The Bertz CT molecular complexity index is 492. The van der Waals surface area contributed by atoms with E-state index in [0.717, 1.165) is 11.1 Å². The molecule has 19 heavy (non-hydrogen) atoms. The lowest BCUT2D eigenvalue weighted by Gasteiger charge is -2.12. The second kappa shape index (κ2) is 5.40. The minimum absolute atomic E-state index is 0.284. The van der Waals surface area contributed by atoms with Gasteiger partial charge in [0, 0.05) is 5.69 Å². The summed E-state index contributed by atoms with van der Waals surface area (Å²) in [7, 11) is 0. The van der Waals surface area contributed by atoms with E-state index in [2.05, 4.69) is 5.32 Å². The number of hydrogen-bond donors (Lipinski definition) is 2. The largest absolute Gasteiger partial charge is 0.479 e. The van der Waals surface area contributed by atoms with Crippen LogP contribution in [-0.2, 0) is 14.3 Å². The smallest absolute Gasteiger partial charge is 0.332 e. The molecule has 0 bridgehead atoms. The van der Waals surface area contributed by atoms with Crippen LogP contribution in [0.4, 0.5) is 5.69 Å². The molecule has 1 saturated heterocycles. The van der Waals surface area contributed by atoms with Crippen LogP contribution in [-0.4, -0.2) is 29.2 Å². The molecule has 1 fully saturated rings. The fraction of sp³-hybridized carbons (Fsp3) is 0.429. The first-order valence-electron chi connectivity index (χ1n) is 6.23. The third-order valence-electron chi connectivity index (χ3n) is 3.08. The number of carbonyl (C=O) groups excluding carboxylic acids is 1. The first-order valence-corrected chi connectivity index (χ1v) is 6.23. The molecule has 0 radical (unpaired) electrons. The van der Waals surface area contributed by atoms with Crippen molar-refractivity contribution in [2.45, 2.75) is 38.9 Å². The highest BCUT2D eigenvalue weighted by Crippen LogP contribution is 2.22. The van der Waals surface area contributed by atoms with Crippen LogP contribution >= 0.6 is 0 Å². The predicted molar refractivity (Wildman–Crippen MR) is 70.1 cm³/mol. The summed E-state index contributed by atoms with van der Waals surface area (Å²) in [6.45, 7) is 3.91. The van der Waals surface area contributed by atoms with Crippen LogP contribution in [0.2, 0.25) is 0 Å². The lowest BCUT2D eigenvalue weighted by Crippen LogP contribution is -2.29. The van der Waals surface area contributed by atoms with Gasteiger partial charge in [0.05, 0.1) is 0 Å². The molecule has 1 aromatic carbocycles. The molecule has 2 atom stereocenters. The first kappa shape index (κ1) is 13.5. The fourth-order valence-corrected chi connectivity index (χ4v) is 2.28. The fourth-order valence-electron chi connectivity index (χ4n) is 2.28. The van der Waals surface area contributed by atoms with E-state index < -0.39 is 18.2 Å². The molecule has 1 aliphatic rings. The molecule has 5 heteroatoms. The number of carbonyl (C=O) groups is 2. The quantitative estimate of drug-likeness (QED) is 0.873. The Morgan fingerprint density at radius 1 is 1.16 bits per heavy atom. The molecule has 1 heterocycles. The van der Waals surface area contributed by atoms with E-state index in [-0.39, 0.29) is 5.91 Å². The zero-order valence-electron chi connectivity index (χ0n) is 11.0. The van der Waals surface area contributed by atoms with Crippen LogP contribution in [0.1, 0.15) is 24.0 Å². The highest BCUT2D eigenvalue weighted by molar-refractivity contribution is 5.94. The molecular weight excluding hydrogens is 246 g/mol. The van der Waals surface area contributed by atoms with Crippen molar-refractivity contribution < 1.29 is 19.4 Å². The van der Waals surface area contributed by atoms with E-state index in [1.54, 1.807) is 0 Å². The number of aliphatic carboxylic acids is 1. The Hall–Kier alpha value is -1.88. The molecule has 2 rings (SSSR count). The minimum Gasteiger partial charge on any atom is -0.479 e. The number of hydrogen-bond acceptors (Lipinski definition) is 3. The Morgan fingerprint density at radius 3 is 2.26 bits per heavy atom. The van der Waals surface area contributed by atoms with Gasteiger partial charge in [-0.2, -0.15) is 0 Å². The van der Waals surface area contributed by atoms with Gasteiger partial charge in [0.2, 0.25) is 0 Å². The first-order chi connectivity index (χ1) is 8.95. The maximum Gasteiger partial charge on any atom is 0.332 e. The van der Waals surface area contributed by atoms with Gasteiger partial charge in [-0.1, -0.05) is 6.07 Å². The number of ether oxygens (including phenoxy) is 1. The maximum absolute atomic E-state index is 12.0. The van der Waals surface area contributed by atoms with Gasteiger partial charge >= 0.3 is 5.97 Å². The third kappa shape index (κ3) is 3.32. The van der Waals surface area contributed by atoms with Gasteiger partial charge in [-0.15, -0.1) is 0 Å². The van der Waals surface area contributed by atoms with Crippen LogP contribution in [0.15, 0.2) is 18.2 Å². The van der Waals surface area contributed by atoms with Crippen molar-refractivity contribution in [3.63, 3.8) is 0 Å². The molecule has 2 unspecified atom stereocenters. The number of aryl methyl sites for hydroxylation is 2. The van der Waals surface area contributed by atoms with Gasteiger partial charge in [0.25, 0.3) is 5.91 Å². The molecule has 0 aliphatic carbocycles. The lowest BCUT2D eigenvalue weighted by molar-refractivity contribution is -0.150. The summed E-state index contributed by atoms with van der Waals surface area (Å²) < 4.78 is 5.21. The van der Waals surface area contributed by atoms with E-state index >= 15 is 0 Å². The number of amides is 1. The highest BCUT2D eigenvalue weighted by atomic mass is 16.5. The van der Waals surface area contributed by atoms with Crippen molar-refractivity contribution in [3.05, 3.63) is 29.3 Å². The van der Waals surface area contributed by atoms with Crippen LogP contribution in [0.5, 0.6) is 0 Å². The summed E-state index contributed by atoms with van der Waals surface area (Å²) in [6, 6.07) is 5.76. The van der Waals surface area contributed by atoms with Gasteiger partial charge in [-0.05, 0) is 49.9 Å². The monoisotopic (exact) mass is 263 g/mol. The van der Waals surface area contributed by atoms with Crippen LogP contribution in [0.3, 0.4) is 0 Å². The standard InChI is InChI=1S/C14H17NO4/c1-8-5-9(2)7-10(6-8)15-13(16)11-3-4-12(19-11)14(17)18/h5-7,11-12H,3-4H2,1-2H3,(H,15,16)(H,17,18). The number of anilines is 1.